The lowest BCUT2D eigenvalue weighted by Gasteiger charge is -2.34. The molecule has 1 saturated carbocycles. The summed E-state index contributed by atoms with van der Waals surface area (Å²) in [7, 11) is 0. The minimum Gasteiger partial charge on any atom is -0.352 e. The molecule has 2 fully saturated rings. The first-order chi connectivity index (χ1) is 12.7. The molecule has 1 aromatic rings. The molecule has 5 nitrogen and oxygen atoms in total. The summed E-state index contributed by atoms with van der Waals surface area (Å²) in [6, 6.07) is 10.3. The number of piperazine rings is 1. The van der Waals surface area contributed by atoms with Crippen LogP contribution in [0.5, 0.6) is 0 Å². The average molecular weight is 353 g/mol. The van der Waals surface area contributed by atoms with Gasteiger partial charge in [-0.3, -0.25) is 14.5 Å². The van der Waals surface area contributed by atoms with E-state index >= 15 is 0 Å². The summed E-state index contributed by atoms with van der Waals surface area (Å²) in [6.07, 6.45) is 6.65. The molecule has 0 aromatic heterocycles. The van der Waals surface area contributed by atoms with Crippen LogP contribution in [0.2, 0.25) is 0 Å². The summed E-state index contributed by atoms with van der Waals surface area (Å²) in [6.45, 7) is 8.20. The Hall–Kier alpha value is -2.40. The lowest BCUT2D eigenvalue weighted by molar-refractivity contribution is -0.136. The highest BCUT2D eigenvalue weighted by Crippen LogP contribution is 2.40. The zero-order valence-electron chi connectivity index (χ0n) is 15.1. The van der Waals surface area contributed by atoms with Crippen LogP contribution in [0.25, 0.3) is 6.08 Å². The van der Waals surface area contributed by atoms with Crippen molar-refractivity contribution in [3.05, 3.63) is 54.6 Å². The zero-order valence-corrected chi connectivity index (χ0v) is 15.1. The van der Waals surface area contributed by atoms with Crippen molar-refractivity contribution >= 4 is 17.9 Å². The maximum Gasteiger partial charge on any atom is 0.226 e. The highest BCUT2D eigenvalue weighted by Gasteiger charge is 2.49. The molecule has 1 aliphatic carbocycles. The van der Waals surface area contributed by atoms with Gasteiger partial charge in [-0.25, -0.2) is 0 Å². The molecule has 26 heavy (non-hydrogen) atoms. The Labute approximate surface area is 155 Å². The Kier molecular flexibility index (Phi) is 6.23. The van der Waals surface area contributed by atoms with Crippen molar-refractivity contribution in [1.29, 1.82) is 0 Å². The van der Waals surface area contributed by atoms with Crippen molar-refractivity contribution in [2.24, 2.45) is 11.8 Å². The fourth-order valence-corrected chi connectivity index (χ4v) is 3.35. The minimum absolute atomic E-state index is 0.0204. The Morgan fingerprint density at radius 3 is 2.54 bits per heavy atom. The molecular weight excluding hydrogens is 326 g/mol. The number of hydrogen-bond donors (Lipinski definition) is 1. The number of rotatable bonds is 7. The first kappa shape index (κ1) is 18.4. The molecule has 0 bridgehead atoms. The minimum atomic E-state index is -0.144. The SMILES string of the molecule is C=CCNC(=O)C1CC1C(=O)N1CCN(C/C=C/c2ccccc2)CC1. The fourth-order valence-electron chi connectivity index (χ4n) is 3.35. The van der Waals surface area contributed by atoms with Crippen LogP contribution in [-0.2, 0) is 9.59 Å². The normalized spacial score (nSPS) is 23.0. The van der Waals surface area contributed by atoms with Crippen LogP contribution in [0, 0.1) is 11.8 Å². The van der Waals surface area contributed by atoms with Gasteiger partial charge in [-0.15, -0.1) is 6.58 Å². The van der Waals surface area contributed by atoms with E-state index in [9.17, 15) is 9.59 Å². The molecule has 2 unspecified atom stereocenters. The van der Waals surface area contributed by atoms with Gasteiger partial charge in [0.15, 0.2) is 0 Å². The maximum absolute atomic E-state index is 12.5. The molecule has 2 atom stereocenters. The summed E-state index contributed by atoms with van der Waals surface area (Å²) in [4.78, 5) is 28.7. The number of carbonyl (C=O) groups excluding carboxylic acids is 2. The van der Waals surface area contributed by atoms with Crippen molar-refractivity contribution < 1.29 is 9.59 Å². The standard InChI is InChI=1S/C21H27N3O2/c1-2-10-22-20(25)18-16-19(18)21(26)24-14-12-23(13-15-24)11-6-9-17-7-4-3-5-8-17/h2-9,18-19H,1,10-16H2,(H,22,25)/b9-6+. The van der Waals surface area contributed by atoms with Crippen LogP contribution < -0.4 is 5.32 Å². The largest absolute Gasteiger partial charge is 0.352 e. The Morgan fingerprint density at radius 2 is 1.85 bits per heavy atom. The number of nitrogens with zero attached hydrogens (tertiary/aromatic N) is 2. The van der Waals surface area contributed by atoms with Gasteiger partial charge >= 0.3 is 0 Å². The number of hydrogen-bond acceptors (Lipinski definition) is 3. The third-order valence-electron chi connectivity index (χ3n) is 5.02. The van der Waals surface area contributed by atoms with Crippen LogP contribution in [0.3, 0.4) is 0 Å². The van der Waals surface area contributed by atoms with E-state index < -0.39 is 0 Å². The Balaban J connectivity index is 1.38. The molecule has 2 amide bonds. The van der Waals surface area contributed by atoms with Gasteiger partial charge in [0.05, 0.1) is 11.8 Å². The van der Waals surface area contributed by atoms with E-state index in [4.69, 9.17) is 0 Å². The van der Waals surface area contributed by atoms with E-state index in [2.05, 4.69) is 41.1 Å². The highest BCUT2D eigenvalue weighted by atomic mass is 16.2. The van der Waals surface area contributed by atoms with Gasteiger partial charge in [0.25, 0.3) is 0 Å². The third kappa shape index (κ3) is 4.82. The summed E-state index contributed by atoms with van der Waals surface area (Å²) >= 11 is 0. The second-order valence-corrected chi connectivity index (χ2v) is 6.92. The lowest BCUT2D eigenvalue weighted by Crippen LogP contribution is -2.49. The average Bonchev–Trinajstić information content (AvgIpc) is 3.48. The molecule has 1 heterocycles. The molecule has 0 spiro atoms. The fraction of sp³-hybridized carbons (Fsp3) is 0.429. The van der Waals surface area contributed by atoms with Gasteiger partial charge in [-0.05, 0) is 12.0 Å². The van der Waals surface area contributed by atoms with Gasteiger partial charge in [-0.1, -0.05) is 48.6 Å². The predicted octanol–water partition coefficient (Wildman–Crippen LogP) is 1.78. The quantitative estimate of drug-likeness (QED) is 0.761. The third-order valence-corrected chi connectivity index (χ3v) is 5.02. The molecule has 2 aliphatic rings. The van der Waals surface area contributed by atoms with Crippen LogP contribution in [0.4, 0.5) is 0 Å². The topological polar surface area (TPSA) is 52.7 Å². The maximum atomic E-state index is 12.5. The van der Waals surface area contributed by atoms with Gasteiger partial charge in [0.1, 0.15) is 0 Å². The van der Waals surface area contributed by atoms with E-state index in [1.807, 2.05) is 23.1 Å². The summed E-state index contributed by atoms with van der Waals surface area (Å²) in [5, 5.41) is 2.78. The molecule has 1 N–H and O–H groups in total. The van der Waals surface area contributed by atoms with Crippen molar-refractivity contribution in [1.82, 2.24) is 15.1 Å². The smallest absolute Gasteiger partial charge is 0.226 e. The second kappa shape index (κ2) is 8.81. The van der Waals surface area contributed by atoms with E-state index in [-0.39, 0.29) is 23.7 Å². The molecule has 1 saturated heterocycles. The summed E-state index contributed by atoms with van der Waals surface area (Å²) in [5.41, 5.74) is 1.20. The molecule has 5 heteroatoms. The molecule has 138 valence electrons. The Bertz CT molecular complexity index is 663. The number of benzene rings is 1. The van der Waals surface area contributed by atoms with Crippen LogP contribution in [0.1, 0.15) is 12.0 Å². The number of nitrogens with one attached hydrogen (secondary N) is 1. The molecular formula is C21H27N3O2. The van der Waals surface area contributed by atoms with Crippen molar-refractivity contribution in [3.63, 3.8) is 0 Å². The van der Waals surface area contributed by atoms with Gasteiger partial charge < -0.3 is 10.2 Å². The van der Waals surface area contributed by atoms with E-state index in [1.54, 1.807) is 6.08 Å². The van der Waals surface area contributed by atoms with E-state index in [1.165, 1.54) is 5.56 Å². The van der Waals surface area contributed by atoms with Crippen LogP contribution in [0.15, 0.2) is 49.1 Å². The highest BCUT2D eigenvalue weighted by molar-refractivity contribution is 5.92. The molecule has 3 rings (SSSR count). The van der Waals surface area contributed by atoms with E-state index in [0.29, 0.717) is 13.0 Å². The first-order valence-corrected chi connectivity index (χ1v) is 9.30. The van der Waals surface area contributed by atoms with Crippen molar-refractivity contribution in [2.75, 3.05) is 39.3 Å². The van der Waals surface area contributed by atoms with Crippen LogP contribution >= 0.6 is 0 Å². The monoisotopic (exact) mass is 353 g/mol. The number of carbonyl (C=O) groups is 2. The number of amides is 2. The lowest BCUT2D eigenvalue weighted by atomic mass is 10.2. The van der Waals surface area contributed by atoms with Crippen molar-refractivity contribution in [3.8, 4) is 0 Å². The summed E-state index contributed by atoms with van der Waals surface area (Å²) in [5.74, 6) is -0.144. The van der Waals surface area contributed by atoms with Crippen molar-refractivity contribution in [2.45, 2.75) is 6.42 Å². The van der Waals surface area contributed by atoms with Gasteiger partial charge in [-0.2, -0.15) is 0 Å². The zero-order chi connectivity index (χ0) is 18.4. The second-order valence-electron chi connectivity index (χ2n) is 6.92. The first-order valence-electron chi connectivity index (χ1n) is 9.30. The van der Waals surface area contributed by atoms with E-state index in [0.717, 1.165) is 32.7 Å². The van der Waals surface area contributed by atoms with Crippen LogP contribution in [-0.4, -0.2) is 60.9 Å². The molecule has 1 aliphatic heterocycles. The predicted molar refractivity (Wildman–Crippen MR) is 103 cm³/mol. The Morgan fingerprint density at radius 1 is 1.12 bits per heavy atom. The van der Waals surface area contributed by atoms with Gasteiger partial charge in [0, 0.05) is 39.3 Å². The summed E-state index contributed by atoms with van der Waals surface area (Å²) < 4.78 is 0. The molecule has 0 radical (unpaired) electrons. The molecule has 1 aromatic carbocycles. The van der Waals surface area contributed by atoms with Gasteiger partial charge in [0.2, 0.25) is 11.8 Å².